The average Bonchev–Trinajstić information content (AvgIpc) is 1.99. The molecule has 0 radical (unpaired) electrons. The first-order valence-corrected chi connectivity index (χ1v) is 4.25. The number of halogens is 3. The third kappa shape index (κ3) is 7.77. The first-order chi connectivity index (χ1) is 6.72. The van der Waals surface area contributed by atoms with Crippen molar-refractivity contribution in [2.45, 2.75) is 25.4 Å². The van der Waals surface area contributed by atoms with Crippen LogP contribution in [0.3, 0.4) is 0 Å². The minimum absolute atomic E-state index is 0.0519. The van der Waals surface area contributed by atoms with Crippen molar-refractivity contribution < 1.29 is 27.9 Å². The largest absolute Gasteiger partial charge is 0.481 e. The van der Waals surface area contributed by atoms with E-state index >= 15 is 0 Å². The molecule has 0 fully saturated rings. The molecule has 0 saturated heterocycles. The molecule has 0 aliphatic heterocycles. The van der Waals surface area contributed by atoms with Gasteiger partial charge in [0.1, 0.15) is 6.54 Å². The topological polar surface area (TPSA) is 57.6 Å². The van der Waals surface area contributed by atoms with Crippen LogP contribution in [0.5, 0.6) is 0 Å². The molecular weight excluding hydrogens is 215 g/mol. The van der Waals surface area contributed by atoms with Gasteiger partial charge >= 0.3 is 12.1 Å². The Labute approximate surface area is 84.7 Å². The maximum absolute atomic E-state index is 11.8. The van der Waals surface area contributed by atoms with Crippen molar-refractivity contribution in [3.8, 4) is 0 Å². The highest BCUT2D eigenvalue weighted by molar-refractivity contribution is 5.76. The molecule has 15 heavy (non-hydrogen) atoms. The van der Waals surface area contributed by atoms with Gasteiger partial charge in [-0.3, -0.25) is 9.59 Å². The number of carboxylic acids is 1. The number of carbonyl (C=O) groups is 2. The number of nitrogens with zero attached hydrogens (tertiary/aromatic N) is 1. The highest BCUT2D eigenvalue weighted by atomic mass is 19.4. The standard InChI is InChI=1S/C8H12F3NO3/c1-12(5-8(9,10)11)6(13)3-2-4-7(14)15/h2-5H2,1H3,(H,14,15). The van der Waals surface area contributed by atoms with Gasteiger partial charge < -0.3 is 10.0 Å². The summed E-state index contributed by atoms with van der Waals surface area (Å²) < 4.78 is 35.5. The van der Waals surface area contributed by atoms with Gasteiger partial charge in [0, 0.05) is 19.9 Å². The molecule has 1 N–H and O–H groups in total. The first-order valence-electron chi connectivity index (χ1n) is 4.25. The number of aliphatic carboxylic acids is 1. The number of hydrogen-bond acceptors (Lipinski definition) is 2. The van der Waals surface area contributed by atoms with Crippen LogP contribution in [0.1, 0.15) is 19.3 Å². The molecule has 0 aromatic rings. The van der Waals surface area contributed by atoms with Crippen LogP contribution >= 0.6 is 0 Å². The van der Waals surface area contributed by atoms with E-state index in [4.69, 9.17) is 5.11 Å². The highest BCUT2D eigenvalue weighted by Gasteiger charge is 2.30. The summed E-state index contributed by atoms with van der Waals surface area (Å²) in [7, 11) is 1.04. The molecule has 0 aliphatic rings. The fourth-order valence-corrected chi connectivity index (χ4v) is 0.939. The maximum atomic E-state index is 11.8. The molecule has 0 aromatic heterocycles. The highest BCUT2D eigenvalue weighted by Crippen LogP contribution is 2.16. The van der Waals surface area contributed by atoms with E-state index in [0.717, 1.165) is 7.05 Å². The third-order valence-electron chi connectivity index (χ3n) is 1.62. The van der Waals surface area contributed by atoms with Crippen LogP contribution in [0.4, 0.5) is 13.2 Å². The Bertz CT molecular complexity index is 240. The number of hydrogen-bond donors (Lipinski definition) is 1. The molecule has 4 nitrogen and oxygen atoms in total. The lowest BCUT2D eigenvalue weighted by atomic mass is 10.2. The Kier molecular flexibility index (Phi) is 5.10. The molecule has 1 amide bonds. The minimum atomic E-state index is -4.42. The number of amides is 1. The van der Waals surface area contributed by atoms with Gasteiger partial charge in [0.2, 0.25) is 5.91 Å². The van der Waals surface area contributed by atoms with Gasteiger partial charge in [-0.05, 0) is 6.42 Å². The Morgan fingerprint density at radius 1 is 1.27 bits per heavy atom. The zero-order chi connectivity index (χ0) is 12.1. The van der Waals surface area contributed by atoms with E-state index < -0.39 is 24.6 Å². The minimum Gasteiger partial charge on any atom is -0.481 e. The molecule has 0 atom stereocenters. The number of carboxylic acid groups (broad SMARTS) is 1. The molecule has 0 aromatic carbocycles. The molecule has 0 saturated carbocycles. The molecule has 0 spiro atoms. The van der Waals surface area contributed by atoms with Gasteiger partial charge in [0.25, 0.3) is 0 Å². The van der Waals surface area contributed by atoms with Crippen LogP contribution in [0.25, 0.3) is 0 Å². The quantitative estimate of drug-likeness (QED) is 0.769. The molecule has 7 heteroatoms. The summed E-state index contributed by atoms with van der Waals surface area (Å²) >= 11 is 0. The van der Waals surface area contributed by atoms with Crippen molar-refractivity contribution in [3.63, 3.8) is 0 Å². The normalized spacial score (nSPS) is 11.2. The van der Waals surface area contributed by atoms with E-state index in [1.54, 1.807) is 0 Å². The van der Waals surface area contributed by atoms with Crippen molar-refractivity contribution in [2.24, 2.45) is 0 Å². The van der Waals surface area contributed by atoms with Gasteiger partial charge in [0.05, 0.1) is 0 Å². The lowest BCUT2D eigenvalue weighted by Crippen LogP contribution is -2.35. The predicted molar refractivity (Wildman–Crippen MR) is 45.2 cm³/mol. The first kappa shape index (κ1) is 13.7. The molecule has 0 unspecified atom stereocenters. The van der Waals surface area contributed by atoms with Gasteiger partial charge in [-0.2, -0.15) is 13.2 Å². The van der Waals surface area contributed by atoms with Crippen LogP contribution < -0.4 is 0 Å². The fourth-order valence-electron chi connectivity index (χ4n) is 0.939. The summed E-state index contributed by atoms with van der Waals surface area (Å²) in [6.45, 7) is -1.31. The van der Waals surface area contributed by atoms with Gasteiger partial charge in [-0.25, -0.2) is 0 Å². The average molecular weight is 227 g/mol. The van der Waals surface area contributed by atoms with Gasteiger partial charge in [-0.15, -0.1) is 0 Å². The summed E-state index contributed by atoms with van der Waals surface area (Å²) in [6.07, 6.45) is -4.77. The Balaban J connectivity index is 3.85. The lowest BCUT2D eigenvalue weighted by Gasteiger charge is -2.18. The summed E-state index contributed by atoms with van der Waals surface area (Å²) in [5.41, 5.74) is 0. The van der Waals surface area contributed by atoms with Crippen molar-refractivity contribution in [3.05, 3.63) is 0 Å². The molecule has 88 valence electrons. The second-order valence-corrected chi connectivity index (χ2v) is 3.11. The van der Waals surface area contributed by atoms with Crippen LogP contribution in [0.15, 0.2) is 0 Å². The van der Waals surface area contributed by atoms with Gasteiger partial charge in [-0.1, -0.05) is 0 Å². The SMILES string of the molecule is CN(CC(F)(F)F)C(=O)CCCC(=O)O. The van der Waals surface area contributed by atoms with Crippen molar-refractivity contribution in [2.75, 3.05) is 13.6 Å². The van der Waals surface area contributed by atoms with E-state index in [0.29, 0.717) is 4.90 Å². The summed E-state index contributed by atoms with van der Waals surface area (Å²) in [4.78, 5) is 21.7. The lowest BCUT2D eigenvalue weighted by molar-refractivity contribution is -0.158. The summed E-state index contributed by atoms with van der Waals surface area (Å²) in [5, 5.41) is 8.25. The Hall–Kier alpha value is -1.27. The van der Waals surface area contributed by atoms with Crippen LogP contribution in [-0.2, 0) is 9.59 Å². The van der Waals surface area contributed by atoms with Crippen LogP contribution in [0, 0.1) is 0 Å². The molecule has 0 bridgehead atoms. The molecule has 0 heterocycles. The molecular formula is C8H12F3NO3. The van der Waals surface area contributed by atoms with E-state index in [9.17, 15) is 22.8 Å². The van der Waals surface area contributed by atoms with Gasteiger partial charge in [0.15, 0.2) is 0 Å². The maximum Gasteiger partial charge on any atom is 0.406 e. The van der Waals surface area contributed by atoms with Crippen molar-refractivity contribution in [1.29, 1.82) is 0 Å². The summed E-state index contributed by atoms with van der Waals surface area (Å²) in [5.74, 6) is -1.77. The second kappa shape index (κ2) is 5.57. The van der Waals surface area contributed by atoms with Crippen LogP contribution in [0.2, 0.25) is 0 Å². The number of alkyl halides is 3. The van der Waals surface area contributed by atoms with Crippen LogP contribution in [-0.4, -0.2) is 41.7 Å². The zero-order valence-electron chi connectivity index (χ0n) is 8.17. The fraction of sp³-hybridized carbons (Fsp3) is 0.750. The van der Waals surface area contributed by atoms with E-state index in [1.165, 1.54) is 0 Å². The number of carbonyl (C=O) groups excluding carboxylic acids is 1. The smallest absolute Gasteiger partial charge is 0.406 e. The summed E-state index contributed by atoms with van der Waals surface area (Å²) in [6, 6.07) is 0. The molecule has 0 rings (SSSR count). The Morgan fingerprint density at radius 3 is 2.20 bits per heavy atom. The third-order valence-corrected chi connectivity index (χ3v) is 1.62. The van der Waals surface area contributed by atoms with E-state index in [-0.39, 0.29) is 19.3 Å². The van der Waals surface area contributed by atoms with E-state index in [2.05, 4.69) is 0 Å². The van der Waals surface area contributed by atoms with Crippen molar-refractivity contribution in [1.82, 2.24) is 4.90 Å². The second-order valence-electron chi connectivity index (χ2n) is 3.11. The zero-order valence-corrected chi connectivity index (χ0v) is 8.17. The van der Waals surface area contributed by atoms with E-state index in [1.807, 2.05) is 0 Å². The molecule has 0 aliphatic carbocycles. The predicted octanol–water partition coefficient (Wildman–Crippen LogP) is 1.26. The number of rotatable bonds is 5. The van der Waals surface area contributed by atoms with Crippen molar-refractivity contribution >= 4 is 11.9 Å². The Morgan fingerprint density at radius 2 is 1.80 bits per heavy atom. The monoisotopic (exact) mass is 227 g/mol.